The average Bonchev–Trinajstić information content (AvgIpc) is 2.72. The molecule has 0 aromatic heterocycles. The normalized spacial score (nSPS) is 14.4. The average molecular weight is 354 g/mol. The number of rotatable bonds is 6. The highest BCUT2D eigenvalue weighted by Gasteiger charge is 2.06. The summed E-state index contributed by atoms with van der Waals surface area (Å²) in [5, 5.41) is 6.46. The lowest BCUT2D eigenvalue weighted by Crippen LogP contribution is -2.32. The molecule has 6 heteroatoms. The maximum absolute atomic E-state index is 11.4. The molecule has 0 amide bonds. The molecule has 1 heterocycles. The highest BCUT2D eigenvalue weighted by atomic mass is 16.5. The fourth-order valence-corrected chi connectivity index (χ4v) is 2.49. The molecule has 0 saturated carbocycles. The van der Waals surface area contributed by atoms with Crippen molar-refractivity contribution in [2.75, 3.05) is 33.4 Å². The van der Waals surface area contributed by atoms with Crippen molar-refractivity contribution in [3.63, 3.8) is 0 Å². The molecular formula is C20H22N2O4. The van der Waals surface area contributed by atoms with E-state index in [0.717, 1.165) is 43.2 Å². The van der Waals surface area contributed by atoms with E-state index < -0.39 is 0 Å². The van der Waals surface area contributed by atoms with Crippen molar-refractivity contribution in [2.45, 2.75) is 6.61 Å². The second kappa shape index (κ2) is 9.01. The molecule has 136 valence electrons. The van der Waals surface area contributed by atoms with Crippen molar-refractivity contribution < 1.29 is 19.0 Å². The number of hydrazone groups is 1. The number of hydrogen-bond donors (Lipinski definition) is 0. The number of nitrogens with zero attached hydrogens (tertiary/aromatic N) is 2. The monoisotopic (exact) mass is 354 g/mol. The van der Waals surface area contributed by atoms with Gasteiger partial charge in [0.2, 0.25) is 0 Å². The van der Waals surface area contributed by atoms with Gasteiger partial charge in [0.1, 0.15) is 12.4 Å². The Morgan fingerprint density at radius 2 is 1.81 bits per heavy atom. The van der Waals surface area contributed by atoms with Crippen LogP contribution in [-0.4, -0.2) is 50.6 Å². The molecule has 3 rings (SSSR count). The molecule has 1 aliphatic rings. The van der Waals surface area contributed by atoms with Crippen molar-refractivity contribution in [1.29, 1.82) is 0 Å². The Kier molecular flexibility index (Phi) is 6.22. The van der Waals surface area contributed by atoms with E-state index in [2.05, 4.69) is 9.84 Å². The summed E-state index contributed by atoms with van der Waals surface area (Å²) in [7, 11) is 1.37. The van der Waals surface area contributed by atoms with Crippen LogP contribution in [0.1, 0.15) is 21.5 Å². The summed E-state index contributed by atoms with van der Waals surface area (Å²) < 4.78 is 15.8. The molecule has 0 aliphatic carbocycles. The highest BCUT2D eigenvalue weighted by Crippen LogP contribution is 2.14. The fourth-order valence-electron chi connectivity index (χ4n) is 2.49. The van der Waals surface area contributed by atoms with Crippen LogP contribution in [0.5, 0.6) is 5.75 Å². The van der Waals surface area contributed by atoms with Crippen molar-refractivity contribution in [3.8, 4) is 5.75 Å². The van der Waals surface area contributed by atoms with Crippen LogP contribution in [0.4, 0.5) is 0 Å². The first-order valence-electron chi connectivity index (χ1n) is 8.51. The summed E-state index contributed by atoms with van der Waals surface area (Å²) in [4.78, 5) is 11.4. The molecule has 2 aromatic rings. The van der Waals surface area contributed by atoms with Gasteiger partial charge in [0.05, 0.1) is 45.2 Å². The van der Waals surface area contributed by atoms with Crippen LogP contribution >= 0.6 is 0 Å². The number of hydrogen-bond acceptors (Lipinski definition) is 6. The van der Waals surface area contributed by atoms with Gasteiger partial charge < -0.3 is 14.2 Å². The Labute approximate surface area is 153 Å². The van der Waals surface area contributed by atoms with E-state index in [1.54, 1.807) is 12.1 Å². The lowest BCUT2D eigenvalue weighted by molar-refractivity contribution is 0.0397. The molecule has 0 spiro atoms. The smallest absolute Gasteiger partial charge is 0.337 e. The number of esters is 1. The van der Waals surface area contributed by atoms with Crippen LogP contribution in [-0.2, 0) is 16.1 Å². The SMILES string of the molecule is COC(=O)c1ccc(COc2ccc(C=NN3CCOCC3)cc2)cc1. The van der Waals surface area contributed by atoms with Gasteiger partial charge in [-0.05, 0) is 47.5 Å². The predicted octanol–water partition coefficient (Wildman–Crippen LogP) is 2.72. The van der Waals surface area contributed by atoms with Gasteiger partial charge in [0, 0.05) is 0 Å². The summed E-state index contributed by atoms with van der Waals surface area (Å²) in [5.74, 6) is 0.442. The summed E-state index contributed by atoms with van der Waals surface area (Å²) in [5.41, 5.74) is 2.53. The van der Waals surface area contributed by atoms with Crippen molar-refractivity contribution in [1.82, 2.24) is 5.01 Å². The fraction of sp³-hybridized carbons (Fsp3) is 0.300. The zero-order chi connectivity index (χ0) is 18.2. The maximum Gasteiger partial charge on any atom is 0.337 e. The van der Waals surface area contributed by atoms with Crippen LogP contribution in [0, 0.1) is 0 Å². The van der Waals surface area contributed by atoms with Crippen LogP contribution in [0.3, 0.4) is 0 Å². The standard InChI is InChI=1S/C20H22N2O4/c1-24-20(23)18-6-2-17(3-7-18)15-26-19-8-4-16(5-9-19)14-21-22-10-12-25-13-11-22/h2-9,14H,10-13,15H2,1H3. The number of carbonyl (C=O) groups is 1. The molecule has 0 radical (unpaired) electrons. The number of morpholine rings is 1. The van der Waals surface area contributed by atoms with E-state index in [1.165, 1.54) is 7.11 Å². The van der Waals surface area contributed by atoms with Gasteiger partial charge in [-0.25, -0.2) is 4.79 Å². The molecule has 0 bridgehead atoms. The lowest BCUT2D eigenvalue weighted by Gasteiger charge is -2.23. The van der Waals surface area contributed by atoms with Crippen molar-refractivity contribution in [2.24, 2.45) is 5.10 Å². The van der Waals surface area contributed by atoms with E-state index >= 15 is 0 Å². The Morgan fingerprint density at radius 3 is 2.46 bits per heavy atom. The first-order chi connectivity index (χ1) is 12.7. The Balaban J connectivity index is 1.51. The van der Waals surface area contributed by atoms with E-state index in [-0.39, 0.29) is 5.97 Å². The topological polar surface area (TPSA) is 60.4 Å². The minimum absolute atomic E-state index is 0.341. The molecule has 0 unspecified atom stereocenters. The molecular weight excluding hydrogens is 332 g/mol. The zero-order valence-electron chi connectivity index (χ0n) is 14.8. The highest BCUT2D eigenvalue weighted by molar-refractivity contribution is 5.89. The predicted molar refractivity (Wildman–Crippen MR) is 98.5 cm³/mol. The summed E-state index contributed by atoms with van der Waals surface area (Å²) in [6.07, 6.45) is 1.85. The zero-order valence-corrected chi connectivity index (χ0v) is 14.8. The molecule has 2 aromatic carbocycles. The Morgan fingerprint density at radius 1 is 1.12 bits per heavy atom. The molecule has 0 N–H and O–H groups in total. The van der Waals surface area contributed by atoms with Crippen LogP contribution < -0.4 is 4.74 Å². The molecule has 6 nitrogen and oxygen atoms in total. The Hall–Kier alpha value is -2.86. The summed E-state index contributed by atoms with van der Waals surface area (Å²) >= 11 is 0. The molecule has 1 aliphatic heterocycles. The Bertz CT molecular complexity index is 735. The van der Waals surface area contributed by atoms with Gasteiger partial charge >= 0.3 is 5.97 Å². The molecule has 26 heavy (non-hydrogen) atoms. The first-order valence-corrected chi connectivity index (χ1v) is 8.51. The van der Waals surface area contributed by atoms with E-state index in [4.69, 9.17) is 9.47 Å². The minimum atomic E-state index is -0.341. The molecule has 1 fully saturated rings. The largest absolute Gasteiger partial charge is 0.489 e. The number of carbonyl (C=O) groups excluding carboxylic acids is 1. The van der Waals surface area contributed by atoms with Gasteiger partial charge in [-0.1, -0.05) is 12.1 Å². The molecule has 1 saturated heterocycles. The number of methoxy groups -OCH3 is 1. The van der Waals surface area contributed by atoms with Gasteiger partial charge in [0.15, 0.2) is 0 Å². The van der Waals surface area contributed by atoms with Crippen LogP contribution in [0.15, 0.2) is 53.6 Å². The van der Waals surface area contributed by atoms with Crippen LogP contribution in [0.2, 0.25) is 0 Å². The number of benzene rings is 2. The second-order valence-corrected chi connectivity index (χ2v) is 5.86. The third kappa shape index (κ3) is 5.07. The van der Waals surface area contributed by atoms with Crippen LogP contribution in [0.25, 0.3) is 0 Å². The lowest BCUT2D eigenvalue weighted by atomic mass is 10.1. The summed E-state index contributed by atoms with van der Waals surface area (Å²) in [6.45, 7) is 3.54. The van der Waals surface area contributed by atoms with Gasteiger partial charge in [-0.15, -0.1) is 0 Å². The maximum atomic E-state index is 11.4. The quantitative estimate of drug-likeness (QED) is 0.590. The second-order valence-electron chi connectivity index (χ2n) is 5.86. The van der Waals surface area contributed by atoms with Crippen molar-refractivity contribution >= 4 is 12.2 Å². The third-order valence-electron chi connectivity index (χ3n) is 4.02. The van der Waals surface area contributed by atoms with E-state index in [1.807, 2.05) is 47.6 Å². The third-order valence-corrected chi connectivity index (χ3v) is 4.02. The van der Waals surface area contributed by atoms with Crippen molar-refractivity contribution in [3.05, 3.63) is 65.2 Å². The molecule has 0 atom stereocenters. The van der Waals surface area contributed by atoms with Gasteiger partial charge in [0.25, 0.3) is 0 Å². The number of ether oxygens (including phenoxy) is 3. The minimum Gasteiger partial charge on any atom is -0.489 e. The van der Waals surface area contributed by atoms with E-state index in [9.17, 15) is 4.79 Å². The van der Waals surface area contributed by atoms with Gasteiger partial charge in [-0.2, -0.15) is 5.10 Å². The van der Waals surface area contributed by atoms with Gasteiger partial charge in [-0.3, -0.25) is 5.01 Å². The first kappa shape index (κ1) is 17.9. The van der Waals surface area contributed by atoms with E-state index in [0.29, 0.717) is 12.2 Å². The summed E-state index contributed by atoms with van der Waals surface area (Å²) in [6, 6.07) is 15.0.